The Labute approximate surface area is 116 Å². The number of aromatic nitrogens is 3. The molecule has 2 aromatic rings. The summed E-state index contributed by atoms with van der Waals surface area (Å²) in [6.45, 7) is 7.98. The Kier molecular flexibility index (Phi) is 3.33. The lowest BCUT2D eigenvalue weighted by Crippen LogP contribution is -2.46. The highest BCUT2D eigenvalue weighted by atomic mass is 32.1. The van der Waals surface area contributed by atoms with E-state index >= 15 is 0 Å². The average Bonchev–Trinajstić information content (AvgIpc) is 2.86. The molecule has 0 N–H and O–H groups in total. The summed E-state index contributed by atoms with van der Waals surface area (Å²) in [4.78, 5) is 19.0. The van der Waals surface area contributed by atoms with Gasteiger partial charge in [-0.15, -0.1) is 11.3 Å². The van der Waals surface area contributed by atoms with Crippen LogP contribution in [-0.2, 0) is 0 Å². The Bertz CT molecular complexity index is 560. The number of aryl methyl sites for hydroxylation is 2. The van der Waals surface area contributed by atoms with Gasteiger partial charge >= 0.3 is 0 Å². The zero-order valence-corrected chi connectivity index (χ0v) is 12.0. The molecule has 0 unspecified atom stereocenters. The van der Waals surface area contributed by atoms with E-state index in [2.05, 4.69) is 31.7 Å². The van der Waals surface area contributed by atoms with Crippen molar-refractivity contribution >= 4 is 22.3 Å². The van der Waals surface area contributed by atoms with Crippen LogP contribution in [0.25, 0.3) is 0 Å². The van der Waals surface area contributed by atoms with Crippen molar-refractivity contribution in [3.63, 3.8) is 0 Å². The molecule has 0 saturated carbocycles. The summed E-state index contributed by atoms with van der Waals surface area (Å²) in [6.07, 6.45) is 3.77. The highest BCUT2D eigenvalue weighted by molar-refractivity contribution is 7.15. The molecule has 0 spiro atoms. The first-order valence-electron chi connectivity index (χ1n) is 6.44. The van der Waals surface area contributed by atoms with Gasteiger partial charge in [0.15, 0.2) is 5.13 Å². The van der Waals surface area contributed by atoms with Crippen LogP contribution in [0.4, 0.5) is 10.9 Å². The van der Waals surface area contributed by atoms with Gasteiger partial charge in [0.25, 0.3) is 0 Å². The van der Waals surface area contributed by atoms with Crippen molar-refractivity contribution in [3.8, 4) is 0 Å². The molecule has 1 saturated heterocycles. The molecule has 2 aromatic heterocycles. The first-order valence-corrected chi connectivity index (χ1v) is 7.26. The van der Waals surface area contributed by atoms with Gasteiger partial charge in [0.2, 0.25) is 0 Å². The van der Waals surface area contributed by atoms with Crippen LogP contribution in [-0.4, -0.2) is 41.1 Å². The van der Waals surface area contributed by atoms with Crippen LogP contribution in [0.1, 0.15) is 10.7 Å². The molecule has 0 bridgehead atoms. The van der Waals surface area contributed by atoms with Crippen LogP contribution < -0.4 is 9.80 Å². The molecule has 5 nitrogen and oxygen atoms in total. The number of thiazole rings is 1. The van der Waals surface area contributed by atoms with Crippen molar-refractivity contribution in [2.75, 3.05) is 36.0 Å². The van der Waals surface area contributed by atoms with Crippen molar-refractivity contribution in [2.24, 2.45) is 0 Å². The van der Waals surface area contributed by atoms with Crippen molar-refractivity contribution in [2.45, 2.75) is 13.8 Å². The van der Waals surface area contributed by atoms with Crippen molar-refractivity contribution in [1.29, 1.82) is 0 Å². The number of hydrogen-bond acceptors (Lipinski definition) is 6. The lowest BCUT2D eigenvalue weighted by molar-refractivity contribution is 0.644. The van der Waals surface area contributed by atoms with Crippen LogP contribution in [0.5, 0.6) is 0 Å². The van der Waals surface area contributed by atoms with Gasteiger partial charge in [0.1, 0.15) is 11.6 Å². The molecule has 0 atom stereocenters. The number of rotatable bonds is 2. The topological polar surface area (TPSA) is 45.2 Å². The second-order valence-corrected chi connectivity index (χ2v) is 5.90. The lowest BCUT2D eigenvalue weighted by Gasteiger charge is -2.35. The third-order valence-corrected chi connectivity index (χ3v) is 4.22. The van der Waals surface area contributed by atoms with Crippen LogP contribution >= 0.6 is 11.3 Å². The Morgan fingerprint density at radius 2 is 1.79 bits per heavy atom. The fourth-order valence-electron chi connectivity index (χ4n) is 2.24. The summed E-state index contributed by atoms with van der Waals surface area (Å²) in [5.41, 5.74) is 0. The standard InChI is InChI=1S/C13H17N5S/c1-10-9-15-13(19-10)18-7-5-17(6-8-18)12-3-4-14-11(2)16-12/h3-4,9H,5-8H2,1-2H3. The summed E-state index contributed by atoms with van der Waals surface area (Å²) in [5, 5.41) is 1.14. The molecular weight excluding hydrogens is 258 g/mol. The van der Waals surface area contributed by atoms with E-state index in [9.17, 15) is 0 Å². The minimum absolute atomic E-state index is 0.829. The largest absolute Gasteiger partial charge is 0.353 e. The summed E-state index contributed by atoms with van der Waals surface area (Å²) >= 11 is 1.76. The fourth-order valence-corrected chi connectivity index (χ4v) is 3.05. The van der Waals surface area contributed by atoms with Crippen molar-refractivity contribution < 1.29 is 0 Å². The highest BCUT2D eigenvalue weighted by Crippen LogP contribution is 2.23. The van der Waals surface area contributed by atoms with Gasteiger partial charge in [0.05, 0.1) is 0 Å². The third-order valence-electron chi connectivity index (χ3n) is 3.24. The maximum atomic E-state index is 4.48. The SMILES string of the molecule is Cc1nccc(N2CCN(c3ncc(C)s3)CC2)n1. The van der Waals surface area contributed by atoms with E-state index < -0.39 is 0 Å². The minimum atomic E-state index is 0.829. The van der Waals surface area contributed by atoms with Crippen LogP contribution in [0.15, 0.2) is 18.5 Å². The smallest absolute Gasteiger partial charge is 0.185 e. The first kappa shape index (κ1) is 12.3. The summed E-state index contributed by atoms with van der Waals surface area (Å²) < 4.78 is 0. The second kappa shape index (κ2) is 5.13. The van der Waals surface area contributed by atoms with E-state index in [1.54, 1.807) is 11.3 Å². The minimum Gasteiger partial charge on any atom is -0.353 e. The molecule has 19 heavy (non-hydrogen) atoms. The monoisotopic (exact) mass is 275 g/mol. The quantitative estimate of drug-likeness (QED) is 0.837. The zero-order chi connectivity index (χ0) is 13.2. The predicted molar refractivity (Wildman–Crippen MR) is 78.0 cm³/mol. The van der Waals surface area contributed by atoms with Gasteiger partial charge in [-0.05, 0) is 19.9 Å². The van der Waals surface area contributed by atoms with Gasteiger partial charge < -0.3 is 9.80 Å². The van der Waals surface area contributed by atoms with E-state index in [-0.39, 0.29) is 0 Å². The van der Waals surface area contributed by atoms with Crippen LogP contribution in [0, 0.1) is 13.8 Å². The van der Waals surface area contributed by atoms with Crippen molar-refractivity contribution in [3.05, 3.63) is 29.2 Å². The molecule has 0 aliphatic carbocycles. The number of hydrogen-bond donors (Lipinski definition) is 0. The average molecular weight is 275 g/mol. The summed E-state index contributed by atoms with van der Waals surface area (Å²) in [6, 6.07) is 1.98. The molecule has 1 aliphatic rings. The maximum Gasteiger partial charge on any atom is 0.185 e. The Morgan fingerprint density at radius 1 is 1.05 bits per heavy atom. The van der Waals surface area contributed by atoms with E-state index in [0.717, 1.165) is 43.0 Å². The van der Waals surface area contributed by atoms with Crippen molar-refractivity contribution in [1.82, 2.24) is 15.0 Å². The number of piperazine rings is 1. The van der Waals surface area contributed by atoms with Gasteiger partial charge in [-0.3, -0.25) is 0 Å². The molecule has 0 amide bonds. The Hall–Kier alpha value is -1.69. The summed E-state index contributed by atoms with van der Waals surface area (Å²) in [5.74, 6) is 1.86. The molecule has 1 fully saturated rings. The Balaban J connectivity index is 1.66. The van der Waals surface area contributed by atoms with Gasteiger partial charge in [-0.25, -0.2) is 15.0 Å². The van der Waals surface area contributed by atoms with E-state index in [4.69, 9.17) is 0 Å². The predicted octanol–water partition coefficient (Wildman–Crippen LogP) is 1.88. The molecule has 1 aliphatic heterocycles. The molecule has 100 valence electrons. The highest BCUT2D eigenvalue weighted by Gasteiger charge is 2.20. The van der Waals surface area contributed by atoms with Gasteiger partial charge in [-0.1, -0.05) is 0 Å². The molecule has 0 aromatic carbocycles. The molecule has 0 radical (unpaired) electrons. The first-order chi connectivity index (χ1) is 9.22. The normalized spacial score (nSPS) is 15.9. The molecule has 3 heterocycles. The third kappa shape index (κ3) is 2.68. The molecular formula is C13H17N5S. The molecule has 3 rings (SSSR count). The lowest BCUT2D eigenvalue weighted by atomic mass is 10.3. The van der Waals surface area contributed by atoms with Gasteiger partial charge in [0, 0.05) is 43.4 Å². The van der Waals surface area contributed by atoms with E-state index in [1.807, 2.05) is 25.4 Å². The van der Waals surface area contributed by atoms with E-state index in [1.165, 1.54) is 4.88 Å². The maximum absolute atomic E-state index is 4.48. The second-order valence-electron chi connectivity index (χ2n) is 4.69. The fraction of sp³-hybridized carbons (Fsp3) is 0.462. The molecule has 6 heteroatoms. The van der Waals surface area contributed by atoms with Crippen LogP contribution in [0.2, 0.25) is 0 Å². The van der Waals surface area contributed by atoms with Crippen LogP contribution in [0.3, 0.4) is 0 Å². The summed E-state index contributed by atoms with van der Waals surface area (Å²) in [7, 11) is 0. The van der Waals surface area contributed by atoms with Gasteiger partial charge in [-0.2, -0.15) is 0 Å². The van der Waals surface area contributed by atoms with E-state index in [0.29, 0.717) is 0 Å². The number of anilines is 2. The Morgan fingerprint density at radius 3 is 2.42 bits per heavy atom. The zero-order valence-electron chi connectivity index (χ0n) is 11.2. The number of nitrogens with zero attached hydrogens (tertiary/aromatic N) is 5.